The molecule has 1 aliphatic rings. The number of hydrogen-bond donors (Lipinski definition) is 5. The molecule has 1 aromatic carbocycles. The number of thioether (sulfide) groups is 1. The van der Waals surface area contributed by atoms with Gasteiger partial charge in [0, 0.05) is 6.54 Å². The van der Waals surface area contributed by atoms with Crippen molar-refractivity contribution in [3.63, 3.8) is 0 Å². The summed E-state index contributed by atoms with van der Waals surface area (Å²) in [5.74, 6) is -2.08. The molecule has 35 heavy (non-hydrogen) atoms. The number of nitrogens with zero attached hydrogens (tertiary/aromatic N) is 1. The van der Waals surface area contributed by atoms with Gasteiger partial charge in [-0.3, -0.25) is 14.4 Å². The summed E-state index contributed by atoms with van der Waals surface area (Å²) in [4.78, 5) is 52.0. The first-order valence-electron chi connectivity index (χ1n) is 11.7. The van der Waals surface area contributed by atoms with Crippen LogP contribution in [0, 0.1) is 5.92 Å². The molecule has 0 spiro atoms. The van der Waals surface area contributed by atoms with Gasteiger partial charge in [0.1, 0.15) is 23.9 Å². The van der Waals surface area contributed by atoms with Gasteiger partial charge in [-0.2, -0.15) is 11.8 Å². The van der Waals surface area contributed by atoms with Gasteiger partial charge in [0.25, 0.3) is 0 Å². The first kappa shape index (κ1) is 28.4. The van der Waals surface area contributed by atoms with Crippen LogP contribution in [-0.4, -0.2) is 81.5 Å². The zero-order valence-corrected chi connectivity index (χ0v) is 21.2. The van der Waals surface area contributed by atoms with E-state index in [1.807, 2.05) is 6.26 Å². The summed E-state index contributed by atoms with van der Waals surface area (Å²) in [7, 11) is 0. The smallest absolute Gasteiger partial charge is 0.326 e. The third kappa shape index (κ3) is 8.14. The number of amides is 3. The van der Waals surface area contributed by atoms with Crippen molar-refractivity contribution in [3.8, 4) is 5.75 Å². The molecule has 1 saturated heterocycles. The molecule has 0 bridgehead atoms. The molecule has 0 radical (unpaired) electrons. The van der Waals surface area contributed by atoms with E-state index in [2.05, 4.69) is 10.6 Å². The molecule has 194 valence electrons. The Labute approximate surface area is 210 Å². The fraction of sp³-hybridized carbons (Fsp3) is 0.583. The molecular formula is C24H36N4O6S. The van der Waals surface area contributed by atoms with Crippen LogP contribution in [0.15, 0.2) is 24.3 Å². The standard InChI is InChI=1S/C24H36N4O6S/c1-14(2)20(24(33)34)27-22(31)19-5-4-11-28(19)23(32)18(10-12-35-3)26-21(30)17(25)13-15-6-8-16(29)9-7-15/h6-9,14,17-20,29H,4-5,10-13,25H2,1-3H3,(H,26,30)(H,27,31)(H,33,34). The van der Waals surface area contributed by atoms with Gasteiger partial charge in [-0.25, -0.2) is 4.79 Å². The van der Waals surface area contributed by atoms with Crippen LogP contribution >= 0.6 is 11.8 Å². The lowest BCUT2D eigenvalue weighted by Crippen LogP contribution is -2.57. The maximum absolute atomic E-state index is 13.4. The summed E-state index contributed by atoms with van der Waals surface area (Å²) >= 11 is 1.53. The fourth-order valence-corrected chi connectivity index (χ4v) is 4.49. The van der Waals surface area contributed by atoms with E-state index in [1.54, 1.807) is 26.0 Å². The number of aromatic hydroxyl groups is 1. The summed E-state index contributed by atoms with van der Waals surface area (Å²) in [6, 6.07) is 2.78. The average molecular weight is 509 g/mol. The molecule has 3 amide bonds. The molecule has 11 heteroatoms. The van der Waals surface area contributed by atoms with E-state index in [-0.39, 0.29) is 24.0 Å². The number of nitrogens with one attached hydrogen (secondary N) is 2. The SMILES string of the molecule is CSCCC(NC(=O)C(N)Cc1ccc(O)cc1)C(=O)N1CCCC1C(=O)NC(C(=O)O)C(C)C. The maximum atomic E-state index is 13.4. The number of carbonyl (C=O) groups is 4. The number of rotatable bonds is 12. The van der Waals surface area contributed by atoms with Crippen molar-refractivity contribution in [1.82, 2.24) is 15.5 Å². The Kier molecular flexibility index (Phi) is 10.8. The van der Waals surface area contributed by atoms with Crippen molar-refractivity contribution in [3.05, 3.63) is 29.8 Å². The van der Waals surface area contributed by atoms with E-state index in [0.717, 1.165) is 5.56 Å². The minimum Gasteiger partial charge on any atom is -0.508 e. The number of benzene rings is 1. The lowest BCUT2D eigenvalue weighted by molar-refractivity contribution is -0.145. The van der Waals surface area contributed by atoms with Crippen LogP contribution < -0.4 is 16.4 Å². The summed E-state index contributed by atoms with van der Waals surface area (Å²) in [6.45, 7) is 3.75. The van der Waals surface area contributed by atoms with Gasteiger partial charge in [0.15, 0.2) is 0 Å². The van der Waals surface area contributed by atoms with E-state index in [0.29, 0.717) is 31.6 Å². The number of hydrogen-bond acceptors (Lipinski definition) is 7. The van der Waals surface area contributed by atoms with Crippen LogP contribution in [0.5, 0.6) is 5.75 Å². The highest BCUT2D eigenvalue weighted by Gasteiger charge is 2.39. The minimum atomic E-state index is -1.13. The van der Waals surface area contributed by atoms with Crippen molar-refractivity contribution in [2.75, 3.05) is 18.6 Å². The van der Waals surface area contributed by atoms with Crippen LogP contribution in [0.2, 0.25) is 0 Å². The average Bonchev–Trinajstić information content (AvgIpc) is 3.30. The molecular weight excluding hydrogens is 472 g/mol. The minimum absolute atomic E-state index is 0.113. The third-order valence-electron chi connectivity index (χ3n) is 6.02. The van der Waals surface area contributed by atoms with E-state index in [4.69, 9.17) is 5.73 Å². The molecule has 2 rings (SSSR count). The summed E-state index contributed by atoms with van der Waals surface area (Å²) in [5, 5.41) is 24.1. The topological polar surface area (TPSA) is 162 Å². The van der Waals surface area contributed by atoms with Crippen LogP contribution in [0.3, 0.4) is 0 Å². The second kappa shape index (κ2) is 13.3. The van der Waals surface area contributed by atoms with Crippen LogP contribution in [0.4, 0.5) is 0 Å². The van der Waals surface area contributed by atoms with E-state index in [9.17, 15) is 29.4 Å². The highest BCUT2D eigenvalue weighted by Crippen LogP contribution is 2.21. The van der Waals surface area contributed by atoms with Crippen LogP contribution in [-0.2, 0) is 25.6 Å². The largest absolute Gasteiger partial charge is 0.508 e. The fourth-order valence-electron chi connectivity index (χ4n) is 4.02. The molecule has 1 fully saturated rings. The predicted molar refractivity (Wildman–Crippen MR) is 134 cm³/mol. The molecule has 4 unspecified atom stereocenters. The molecule has 0 saturated carbocycles. The van der Waals surface area contributed by atoms with Crippen LogP contribution in [0.1, 0.15) is 38.7 Å². The van der Waals surface area contributed by atoms with Crippen molar-refractivity contribution in [2.45, 2.75) is 63.7 Å². The Balaban J connectivity index is 2.09. The zero-order chi connectivity index (χ0) is 26.1. The Bertz CT molecular complexity index is 895. The number of phenolic OH excluding ortho intramolecular Hbond substituents is 1. The van der Waals surface area contributed by atoms with E-state index < -0.39 is 42.0 Å². The van der Waals surface area contributed by atoms with Crippen molar-refractivity contribution >= 4 is 35.5 Å². The summed E-state index contributed by atoms with van der Waals surface area (Å²) in [5.41, 5.74) is 6.85. The van der Waals surface area contributed by atoms with Gasteiger partial charge in [-0.05, 0) is 61.3 Å². The molecule has 10 nitrogen and oxygen atoms in total. The molecule has 1 aromatic rings. The van der Waals surface area contributed by atoms with Crippen molar-refractivity contribution in [1.29, 1.82) is 0 Å². The molecule has 1 aliphatic heterocycles. The van der Waals surface area contributed by atoms with Gasteiger partial charge in [0.05, 0.1) is 6.04 Å². The number of carboxylic acids is 1. The van der Waals surface area contributed by atoms with Gasteiger partial charge in [-0.15, -0.1) is 0 Å². The highest BCUT2D eigenvalue weighted by molar-refractivity contribution is 7.98. The van der Waals surface area contributed by atoms with Gasteiger partial charge in [0.2, 0.25) is 17.7 Å². The number of phenols is 1. The molecule has 6 N–H and O–H groups in total. The lowest BCUT2D eigenvalue weighted by atomic mass is 10.0. The summed E-state index contributed by atoms with van der Waals surface area (Å²) in [6.07, 6.45) is 3.52. The maximum Gasteiger partial charge on any atom is 0.326 e. The second-order valence-electron chi connectivity index (χ2n) is 9.08. The van der Waals surface area contributed by atoms with Gasteiger partial charge >= 0.3 is 5.97 Å². The van der Waals surface area contributed by atoms with E-state index >= 15 is 0 Å². The Hall–Kier alpha value is -2.79. The Morgan fingerprint density at radius 3 is 2.40 bits per heavy atom. The van der Waals surface area contributed by atoms with Crippen molar-refractivity contribution < 1.29 is 29.4 Å². The quantitative estimate of drug-likeness (QED) is 0.276. The highest BCUT2D eigenvalue weighted by atomic mass is 32.2. The Morgan fingerprint density at radius 1 is 1.17 bits per heavy atom. The predicted octanol–water partition coefficient (Wildman–Crippen LogP) is 0.716. The molecule has 0 aliphatic carbocycles. The van der Waals surface area contributed by atoms with Gasteiger partial charge < -0.3 is 31.5 Å². The number of nitrogens with two attached hydrogens (primary N) is 1. The van der Waals surface area contributed by atoms with E-state index in [1.165, 1.54) is 28.8 Å². The first-order valence-corrected chi connectivity index (χ1v) is 13.1. The first-order chi connectivity index (χ1) is 16.5. The van der Waals surface area contributed by atoms with Gasteiger partial charge in [-0.1, -0.05) is 26.0 Å². The number of likely N-dealkylation sites (tertiary alicyclic amines) is 1. The number of aliphatic carboxylic acids is 1. The lowest BCUT2D eigenvalue weighted by Gasteiger charge is -2.30. The van der Waals surface area contributed by atoms with Crippen LogP contribution in [0.25, 0.3) is 0 Å². The van der Waals surface area contributed by atoms with Crippen molar-refractivity contribution in [2.24, 2.45) is 11.7 Å². The number of carbonyl (C=O) groups excluding carboxylic acids is 3. The second-order valence-corrected chi connectivity index (χ2v) is 10.1. The third-order valence-corrected chi connectivity index (χ3v) is 6.67. The summed E-state index contributed by atoms with van der Waals surface area (Å²) < 4.78 is 0. The normalized spacial score (nSPS) is 18.1. The molecule has 1 heterocycles. The Morgan fingerprint density at radius 2 is 1.83 bits per heavy atom. The monoisotopic (exact) mass is 508 g/mol. The number of carboxylic acid groups (broad SMARTS) is 1. The zero-order valence-electron chi connectivity index (χ0n) is 20.4. The molecule has 0 aromatic heterocycles. The molecule has 4 atom stereocenters.